The molecule has 0 saturated carbocycles. The number of carboxylic acids is 1. The molecule has 0 spiro atoms. The molecule has 18 heavy (non-hydrogen) atoms. The van der Waals surface area contributed by atoms with Crippen LogP contribution in [0.5, 0.6) is 0 Å². The van der Waals surface area contributed by atoms with Crippen molar-refractivity contribution in [2.45, 2.75) is 52.6 Å². The first-order valence-electron chi connectivity index (χ1n) is 6.33. The first-order chi connectivity index (χ1) is 8.14. The van der Waals surface area contributed by atoms with Crippen molar-refractivity contribution < 1.29 is 19.4 Å². The molecule has 1 saturated heterocycles. The molecule has 1 heterocycles. The molecule has 0 aromatic rings. The van der Waals surface area contributed by atoms with E-state index < -0.39 is 17.0 Å². The Kier molecular flexibility index (Phi) is 4.24. The van der Waals surface area contributed by atoms with Crippen LogP contribution in [0.4, 0.5) is 4.79 Å². The quantitative estimate of drug-likeness (QED) is 0.706. The number of rotatable bonds is 1. The fourth-order valence-electron chi connectivity index (χ4n) is 1.99. The molecular weight excluding hydrogens is 234 g/mol. The lowest BCUT2D eigenvalue weighted by Crippen LogP contribution is -2.42. The fourth-order valence-corrected chi connectivity index (χ4v) is 1.99. The number of likely N-dealkylation sites (tertiary alicyclic amines) is 1. The van der Waals surface area contributed by atoms with E-state index in [1.54, 1.807) is 11.8 Å². The van der Waals surface area contributed by atoms with Crippen molar-refractivity contribution in [3.8, 4) is 0 Å². The van der Waals surface area contributed by atoms with Crippen molar-refractivity contribution in [2.75, 3.05) is 13.1 Å². The van der Waals surface area contributed by atoms with Gasteiger partial charge in [0.25, 0.3) is 0 Å². The molecule has 1 aliphatic rings. The van der Waals surface area contributed by atoms with Gasteiger partial charge in [0.05, 0.1) is 0 Å². The van der Waals surface area contributed by atoms with Gasteiger partial charge in [0, 0.05) is 24.5 Å². The Morgan fingerprint density at radius 1 is 1.22 bits per heavy atom. The summed E-state index contributed by atoms with van der Waals surface area (Å²) in [6, 6.07) is 0. The van der Waals surface area contributed by atoms with E-state index in [-0.39, 0.29) is 6.09 Å². The number of carbonyl (C=O) groups excluding carboxylic acids is 2. The Bertz CT molecular complexity index is 334. The van der Waals surface area contributed by atoms with E-state index in [1.165, 1.54) is 0 Å². The molecule has 0 radical (unpaired) electrons. The van der Waals surface area contributed by atoms with Crippen molar-refractivity contribution >= 4 is 12.1 Å². The van der Waals surface area contributed by atoms with Gasteiger partial charge < -0.3 is 19.5 Å². The number of aliphatic carboxylic acids is 1. The van der Waals surface area contributed by atoms with Gasteiger partial charge in [-0.3, -0.25) is 0 Å². The van der Waals surface area contributed by atoms with Crippen molar-refractivity contribution in [3.05, 3.63) is 0 Å². The van der Waals surface area contributed by atoms with Gasteiger partial charge in [-0.05, 0) is 40.0 Å². The third-order valence-corrected chi connectivity index (χ3v) is 3.23. The van der Waals surface area contributed by atoms with Crippen LogP contribution in [0.15, 0.2) is 0 Å². The Morgan fingerprint density at radius 2 is 1.83 bits per heavy atom. The molecule has 0 bridgehead atoms. The van der Waals surface area contributed by atoms with E-state index in [4.69, 9.17) is 4.74 Å². The van der Waals surface area contributed by atoms with Crippen molar-refractivity contribution in [2.24, 2.45) is 5.41 Å². The molecule has 104 valence electrons. The zero-order valence-electron chi connectivity index (χ0n) is 11.6. The largest absolute Gasteiger partial charge is 0.550 e. The minimum Gasteiger partial charge on any atom is -0.550 e. The van der Waals surface area contributed by atoms with E-state index in [9.17, 15) is 14.7 Å². The number of carboxylic acid groups (broad SMARTS) is 1. The second-order valence-electron chi connectivity index (χ2n) is 6.17. The number of hydrogen-bond acceptors (Lipinski definition) is 4. The minimum absolute atomic E-state index is 0.370. The Morgan fingerprint density at radius 3 is 2.33 bits per heavy atom. The molecule has 1 fully saturated rings. The average molecular weight is 256 g/mol. The summed E-state index contributed by atoms with van der Waals surface area (Å²) >= 11 is 0. The first-order valence-corrected chi connectivity index (χ1v) is 6.33. The SMILES string of the molecule is CC(C)(C)OC(=O)N1CCCC(C)(C(=O)[O-])CC1. The molecule has 0 aromatic carbocycles. The highest BCUT2D eigenvalue weighted by Crippen LogP contribution is 2.30. The van der Waals surface area contributed by atoms with E-state index in [2.05, 4.69) is 0 Å². The lowest BCUT2D eigenvalue weighted by atomic mass is 9.83. The molecule has 1 unspecified atom stereocenters. The van der Waals surface area contributed by atoms with Gasteiger partial charge in [0.2, 0.25) is 0 Å². The smallest absolute Gasteiger partial charge is 0.410 e. The van der Waals surface area contributed by atoms with Crippen LogP contribution in [0, 0.1) is 5.41 Å². The van der Waals surface area contributed by atoms with Crippen molar-refractivity contribution in [3.63, 3.8) is 0 Å². The average Bonchev–Trinajstić information content (AvgIpc) is 2.38. The van der Waals surface area contributed by atoms with E-state index in [0.29, 0.717) is 32.4 Å². The zero-order chi connectivity index (χ0) is 14.0. The highest BCUT2D eigenvalue weighted by atomic mass is 16.6. The molecule has 1 rings (SSSR count). The van der Waals surface area contributed by atoms with Gasteiger partial charge in [-0.2, -0.15) is 0 Å². The summed E-state index contributed by atoms with van der Waals surface area (Å²) in [4.78, 5) is 24.6. The van der Waals surface area contributed by atoms with Gasteiger partial charge >= 0.3 is 6.09 Å². The summed E-state index contributed by atoms with van der Waals surface area (Å²) in [5, 5.41) is 11.1. The summed E-state index contributed by atoms with van der Waals surface area (Å²) < 4.78 is 5.29. The predicted octanol–water partition coefficient (Wildman–Crippen LogP) is 1.16. The number of hydrogen-bond donors (Lipinski definition) is 0. The maximum absolute atomic E-state index is 11.9. The third-order valence-electron chi connectivity index (χ3n) is 3.23. The lowest BCUT2D eigenvalue weighted by Gasteiger charge is -2.29. The van der Waals surface area contributed by atoms with E-state index in [0.717, 1.165) is 0 Å². The van der Waals surface area contributed by atoms with Gasteiger partial charge in [0.15, 0.2) is 0 Å². The number of nitrogens with zero attached hydrogens (tertiary/aromatic N) is 1. The van der Waals surface area contributed by atoms with Crippen LogP contribution in [-0.2, 0) is 9.53 Å². The van der Waals surface area contributed by atoms with Gasteiger partial charge in [-0.1, -0.05) is 6.92 Å². The summed E-state index contributed by atoms with van der Waals surface area (Å²) in [6.45, 7) is 8.06. The molecule has 0 N–H and O–H groups in total. The van der Waals surface area contributed by atoms with Crippen LogP contribution in [0.3, 0.4) is 0 Å². The van der Waals surface area contributed by atoms with Crippen molar-refractivity contribution in [1.82, 2.24) is 4.90 Å². The zero-order valence-corrected chi connectivity index (χ0v) is 11.6. The summed E-state index contributed by atoms with van der Waals surface area (Å²) in [6.07, 6.45) is 1.23. The van der Waals surface area contributed by atoms with Gasteiger partial charge in [-0.25, -0.2) is 4.79 Å². The molecule has 0 aromatic heterocycles. The Balaban J connectivity index is 2.62. The fraction of sp³-hybridized carbons (Fsp3) is 0.846. The maximum Gasteiger partial charge on any atom is 0.410 e. The van der Waals surface area contributed by atoms with E-state index >= 15 is 0 Å². The summed E-state index contributed by atoms with van der Waals surface area (Å²) in [7, 11) is 0. The predicted molar refractivity (Wildman–Crippen MR) is 64.8 cm³/mol. The molecule has 5 nitrogen and oxygen atoms in total. The van der Waals surface area contributed by atoms with Crippen molar-refractivity contribution in [1.29, 1.82) is 0 Å². The molecule has 1 atom stereocenters. The lowest BCUT2D eigenvalue weighted by molar-refractivity contribution is -0.319. The van der Waals surface area contributed by atoms with Crippen LogP contribution in [0.25, 0.3) is 0 Å². The summed E-state index contributed by atoms with van der Waals surface area (Å²) in [5.41, 5.74) is -1.36. The van der Waals surface area contributed by atoms with Gasteiger partial charge in [0.1, 0.15) is 5.60 Å². The highest BCUT2D eigenvalue weighted by molar-refractivity contribution is 5.72. The third kappa shape index (κ3) is 3.89. The van der Waals surface area contributed by atoms with Crippen LogP contribution >= 0.6 is 0 Å². The molecule has 0 aliphatic carbocycles. The second-order valence-corrected chi connectivity index (χ2v) is 6.17. The monoisotopic (exact) mass is 256 g/mol. The first kappa shape index (κ1) is 14.8. The minimum atomic E-state index is -1.03. The maximum atomic E-state index is 11.9. The standard InChI is InChI=1S/C13H23NO4/c1-12(2,3)18-11(17)14-8-5-6-13(4,7-9-14)10(15)16/h5-9H2,1-4H3,(H,15,16)/p-1. The Labute approximate surface area is 108 Å². The normalized spacial score (nSPS) is 25.4. The second kappa shape index (κ2) is 5.16. The highest BCUT2D eigenvalue weighted by Gasteiger charge is 2.32. The van der Waals surface area contributed by atoms with Crippen LogP contribution in [0.2, 0.25) is 0 Å². The van der Waals surface area contributed by atoms with Crippen LogP contribution in [-0.4, -0.2) is 35.7 Å². The van der Waals surface area contributed by atoms with E-state index in [1.807, 2.05) is 20.8 Å². The van der Waals surface area contributed by atoms with Crippen LogP contribution < -0.4 is 5.11 Å². The number of amides is 1. The molecule has 5 heteroatoms. The topological polar surface area (TPSA) is 69.7 Å². The van der Waals surface area contributed by atoms with Crippen LogP contribution in [0.1, 0.15) is 47.0 Å². The Hall–Kier alpha value is -1.26. The number of carbonyl (C=O) groups is 2. The number of ether oxygens (including phenoxy) is 1. The van der Waals surface area contributed by atoms with Gasteiger partial charge in [-0.15, -0.1) is 0 Å². The summed E-state index contributed by atoms with van der Waals surface area (Å²) in [5.74, 6) is -1.03. The molecular formula is C13H22NO4-. The molecule has 1 aliphatic heterocycles. The molecule has 1 amide bonds.